The predicted molar refractivity (Wildman–Crippen MR) is 56.1 cm³/mol. The van der Waals surface area contributed by atoms with Crippen molar-refractivity contribution in [2.45, 2.75) is 19.2 Å². The maximum Gasteiger partial charge on any atom is 0.170 e. The first-order chi connectivity index (χ1) is 6.83. The molecule has 2 aromatic rings. The van der Waals surface area contributed by atoms with Crippen molar-refractivity contribution in [2.75, 3.05) is 0 Å². The molecule has 74 valence electrons. The summed E-state index contributed by atoms with van der Waals surface area (Å²) in [5.74, 6) is 1.33. The van der Waals surface area contributed by atoms with Gasteiger partial charge in [0, 0.05) is 24.6 Å². The van der Waals surface area contributed by atoms with E-state index in [1.807, 2.05) is 23.9 Å². The van der Waals surface area contributed by atoms with Gasteiger partial charge in [-0.2, -0.15) is 17.7 Å². The van der Waals surface area contributed by atoms with E-state index in [4.69, 9.17) is 4.52 Å². The fraction of sp³-hybridized carbons (Fsp3) is 0.333. The maximum absolute atomic E-state index is 5.15. The molecule has 4 nitrogen and oxygen atoms in total. The van der Waals surface area contributed by atoms with Crippen molar-refractivity contribution in [1.29, 1.82) is 0 Å². The van der Waals surface area contributed by atoms with Crippen LogP contribution in [0.1, 0.15) is 12.6 Å². The Bertz CT molecular complexity index is 381. The van der Waals surface area contributed by atoms with E-state index in [0.717, 1.165) is 23.6 Å². The molecule has 0 aromatic carbocycles. The van der Waals surface area contributed by atoms with Gasteiger partial charge in [0.25, 0.3) is 0 Å². The number of hydrogen-bond donors (Lipinski definition) is 1. The minimum Gasteiger partial charge on any atom is -0.356 e. The van der Waals surface area contributed by atoms with Crippen molar-refractivity contribution >= 4 is 12.6 Å². The maximum atomic E-state index is 5.15. The minimum atomic E-state index is 0.589. The number of thiol groups is 1. The molecular formula is C9H11N3OS. The molecule has 2 heterocycles. The van der Waals surface area contributed by atoms with Crippen LogP contribution in [0.3, 0.4) is 0 Å². The molecule has 14 heavy (non-hydrogen) atoms. The van der Waals surface area contributed by atoms with Crippen LogP contribution in [-0.4, -0.2) is 14.9 Å². The van der Waals surface area contributed by atoms with Crippen LogP contribution >= 0.6 is 12.6 Å². The summed E-state index contributed by atoms with van der Waals surface area (Å²) >= 11 is 4.12. The van der Waals surface area contributed by atoms with E-state index in [-0.39, 0.29) is 0 Å². The smallest absolute Gasteiger partial charge is 0.170 e. The highest BCUT2D eigenvalue weighted by Gasteiger charge is 2.07. The van der Waals surface area contributed by atoms with E-state index in [0.29, 0.717) is 5.75 Å². The second-order valence-corrected chi connectivity index (χ2v) is 3.24. The number of hydrogen-bond acceptors (Lipinski definition) is 4. The van der Waals surface area contributed by atoms with Crippen LogP contribution in [0.15, 0.2) is 23.0 Å². The summed E-state index contributed by atoms with van der Waals surface area (Å²) in [5, 5.41) is 8.01. The van der Waals surface area contributed by atoms with Gasteiger partial charge in [-0.25, -0.2) is 0 Å². The molecule has 0 saturated heterocycles. The summed E-state index contributed by atoms with van der Waals surface area (Å²) in [4.78, 5) is 0. The number of aromatic nitrogens is 3. The topological polar surface area (TPSA) is 43.9 Å². The van der Waals surface area contributed by atoms with Gasteiger partial charge >= 0.3 is 0 Å². The summed E-state index contributed by atoms with van der Waals surface area (Å²) in [7, 11) is 0. The first kappa shape index (κ1) is 9.33. The van der Waals surface area contributed by atoms with Gasteiger partial charge in [-0.1, -0.05) is 5.16 Å². The van der Waals surface area contributed by atoms with E-state index >= 15 is 0 Å². The Morgan fingerprint density at radius 1 is 1.57 bits per heavy atom. The van der Waals surface area contributed by atoms with Crippen LogP contribution < -0.4 is 0 Å². The van der Waals surface area contributed by atoms with Gasteiger partial charge in [-0.05, 0) is 6.92 Å². The lowest BCUT2D eigenvalue weighted by Gasteiger charge is -1.89. The zero-order chi connectivity index (χ0) is 9.97. The molecule has 5 heteroatoms. The molecule has 0 spiro atoms. The number of rotatable bonds is 3. The SMILES string of the molecule is CCn1cc(-c2cc(CS)no2)cn1. The fourth-order valence-electron chi connectivity index (χ4n) is 1.19. The second-order valence-electron chi connectivity index (χ2n) is 2.93. The van der Waals surface area contributed by atoms with E-state index in [1.54, 1.807) is 6.20 Å². The molecular weight excluding hydrogens is 198 g/mol. The van der Waals surface area contributed by atoms with Crippen LogP contribution in [0.5, 0.6) is 0 Å². The van der Waals surface area contributed by atoms with Crippen LogP contribution in [0.4, 0.5) is 0 Å². The Balaban J connectivity index is 2.29. The lowest BCUT2D eigenvalue weighted by atomic mass is 10.2. The van der Waals surface area contributed by atoms with E-state index in [2.05, 4.69) is 22.9 Å². The molecule has 2 rings (SSSR count). The van der Waals surface area contributed by atoms with Gasteiger partial charge in [0.1, 0.15) is 0 Å². The highest BCUT2D eigenvalue weighted by atomic mass is 32.1. The van der Waals surface area contributed by atoms with E-state index < -0.39 is 0 Å². The molecule has 0 bridgehead atoms. The molecule has 2 aromatic heterocycles. The van der Waals surface area contributed by atoms with Crippen LogP contribution in [0, 0.1) is 0 Å². The summed E-state index contributed by atoms with van der Waals surface area (Å²) in [6.07, 6.45) is 3.70. The summed E-state index contributed by atoms with van der Waals surface area (Å²) in [6, 6.07) is 1.88. The Hall–Kier alpha value is -1.23. The van der Waals surface area contributed by atoms with Gasteiger partial charge in [-0.15, -0.1) is 0 Å². The van der Waals surface area contributed by atoms with Gasteiger partial charge in [0.2, 0.25) is 0 Å². The summed E-state index contributed by atoms with van der Waals surface area (Å²) < 4.78 is 6.99. The molecule has 0 aliphatic heterocycles. The van der Waals surface area contributed by atoms with Crippen molar-refractivity contribution in [3.63, 3.8) is 0 Å². The Morgan fingerprint density at radius 3 is 3.00 bits per heavy atom. The Morgan fingerprint density at radius 2 is 2.43 bits per heavy atom. The van der Waals surface area contributed by atoms with E-state index in [1.165, 1.54) is 0 Å². The third-order valence-electron chi connectivity index (χ3n) is 1.96. The quantitative estimate of drug-likeness (QED) is 0.786. The molecule has 0 saturated carbocycles. The number of aryl methyl sites for hydroxylation is 1. The third kappa shape index (κ3) is 1.68. The van der Waals surface area contributed by atoms with Crippen molar-refractivity contribution < 1.29 is 4.52 Å². The highest BCUT2D eigenvalue weighted by Crippen LogP contribution is 2.19. The molecule has 0 radical (unpaired) electrons. The standard InChI is InChI=1S/C9H11N3OS/c1-2-12-5-7(4-10-12)9-3-8(6-14)11-13-9/h3-5,14H,2,6H2,1H3. The van der Waals surface area contributed by atoms with Crippen molar-refractivity contribution in [1.82, 2.24) is 14.9 Å². The predicted octanol–water partition coefficient (Wildman–Crippen LogP) is 1.99. The monoisotopic (exact) mass is 209 g/mol. The van der Waals surface area contributed by atoms with Gasteiger partial charge in [0.15, 0.2) is 5.76 Å². The summed E-state index contributed by atoms with van der Waals surface area (Å²) in [6.45, 7) is 2.89. The fourth-order valence-corrected chi connectivity index (χ4v) is 1.34. The lowest BCUT2D eigenvalue weighted by Crippen LogP contribution is -1.91. The number of nitrogens with zero attached hydrogens (tertiary/aromatic N) is 3. The first-order valence-corrected chi connectivity index (χ1v) is 5.06. The lowest BCUT2D eigenvalue weighted by molar-refractivity contribution is 0.426. The third-order valence-corrected chi connectivity index (χ3v) is 2.29. The normalized spacial score (nSPS) is 10.7. The molecule has 0 aliphatic rings. The molecule has 0 atom stereocenters. The molecule has 0 unspecified atom stereocenters. The molecule has 0 fully saturated rings. The average Bonchev–Trinajstić information content (AvgIpc) is 2.86. The van der Waals surface area contributed by atoms with Crippen molar-refractivity contribution in [3.8, 4) is 11.3 Å². The Kier molecular flexibility index (Phi) is 2.58. The molecule has 0 amide bonds. The Labute approximate surface area is 87.3 Å². The minimum absolute atomic E-state index is 0.589. The summed E-state index contributed by atoms with van der Waals surface area (Å²) in [5.41, 5.74) is 1.79. The van der Waals surface area contributed by atoms with Crippen LogP contribution in [0.2, 0.25) is 0 Å². The molecule has 0 aliphatic carbocycles. The van der Waals surface area contributed by atoms with Crippen LogP contribution in [0.25, 0.3) is 11.3 Å². The van der Waals surface area contributed by atoms with Crippen molar-refractivity contribution in [3.05, 3.63) is 24.2 Å². The first-order valence-electron chi connectivity index (χ1n) is 4.42. The zero-order valence-corrected chi connectivity index (χ0v) is 8.74. The van der Waals surface area contributed by atoms with Crippen LogP contribution in [-0.2, 0) is 12.3 Å². The van der Waals surface area contributed by atoms with Crippen molar-refractivity contribution in [2.24, 2.45) is 0 Å². The molecule has 0 N–H and O–H groups in total. The van der Waals surface area contributed by atoms with Gasteiger partial charge in [-0.3, -0.25) is 4.68 Å². The zero-order valence-electron chi connectivity index (χ0n) is 7.84. The average molecular weight is 209 g/mol. The highest BCUT2D eigenvalue weighted by molar-refractivity contribution is 7.79. The second kappa shape index (κ2) is 3.88. The van der Waals surface area contributed by atoms with Gasteiger partial charge in [0.05, 0.1) is 17.5 Å². The van der Waals surface area contributed by atoms with Gasteiger partial charge < -0.3 is 4.52 Å². The van der Waals surface area contributed by atoms with E-state index in [9.17, 15) is 0 Å². The largest absolute Gasteiger partial charge is 0.356 e.